The van der Waals surface area contributed by atoms with Crippen molar-refractivity contribution < 1.29 is 28.5 Å². The van der Waals surface area contributed by atoms with Crippen molar-refractivity contribution in [1.29, 1.82) is 0 Å². The SMILES string of the molecule is [O-][Cl+3]([O-])([O-])OC1CCCCC1I. The summed E-state index contributed by atoms with van der Waals surface area (Å²) in [4.78, 5) is 0. The lowest BCUT2D eigenvalue weighted by atomic mass is 9.98. The maximum Gasteiger partial charge on any atom is 0.225 e. The third-order valence-electron chi connectivity index (χ3n) is 1.85. The van der Waals surface area contributed by atoms with Gasteiger partial charge in [0.05, 0.1) is 18.5 Å². The summed E-state index contributed by atoms with van der Waals surface area (Å²) >= 11 is 2.13. The Morgan fingerprint density at radius 1 is 1.17 bits per heavy atom. The first-order valence-corrected chi connectivity index (χ1v) is 6.20. The van der Waals surface area contributed by atoms with E-state index in [1.165, 1.54) is 0 Å². The molecule has 0 heterocycles. The van der Waals surface area contributed by atoms with Gasteiger partial charge in [-0.2, -0.15) is 14.0 Å². The van der Waals surface area contributed by atoms with Crippen LogP contribution in [-0.2, 0) is 4.29 Å². The van der Waals surface area contributed by atoms with Crippen molar-refractivity contribution in [2.75, 3.05) is 0 Å². The zero-order valence-corrected chi connectivity index (χ0v) is 9.29. The summed E-state index contributed by atoms with van der Waals surface area (Å²) in [6, 6.07) is 0. The van der Waals surface area contributed by atoms with Gasteiger partial charge < -0.3 is 0 Å². The Hall–Kier alpha value is 0.860. The Morgan fingerprint density at radius 2 is 1.75 bits per heavy atom. The maximum absolute atomic E-state index is 10.2. The third-order valence-corrected chi connectivity index (χ3v) is 3.72. The summed E-state index contributed by atoms with van der Waals surface area (Å²) in [6.07, 6.45) is 3.21. The van der Waals surface area contributed by atoms with Gasteiger partial charge in [0.1, 0.15) is 0 Å². The molecule has 1 aliphatic carbocycles. The summed E-state index contributed by atoms with van der Waals surface area (Å²) in [7, 11) is -4.25. The molecule has 12 heavy (non-hydrogen) atoms. The van der Waals surface area contributed by atoms with Gasteiger partial charge >= 0.3 is 0 Å². The predicted octanol–water partition coefficient (Wildman–Crippen LogP) is -1.35. The summed E-state index contributed by atoms with van der Waals surface area (Å²) < 4.78 is 35.2. The van der Waals surface area contributed by atoms with Crippen molar-refractivity contribution in [2.24, 2.45) is 0 Å². The van der Waals surface area contributed by atoms with E-state index in [9.17, 15) is 14.0 Å². The van der Waals surface area contributed by atoms with Crippen LogP contribution in [0.3, 0.4) is 0 Å². The summed E-state index contributed by atoms with van der Waals surface area (Å²) in [6.45, 7) is 0. The molecule has 0 aromatic rings. The van der Waals surface area contributed by atoms with Crippen LogP contribution in [0, 0.1) is 10.2 Å². The van der Waals surface area contributed by atoms with Gasteiger partial charge in [-0.05, 0) is 12.8 Å². The standard InChI is InChI=1S/C6H10ClIO4/c8-5-3-1-2-4-6(5)12-7(9,10)11/h5-6H,1-4H2. The average Bonchev–Trinajstić information content (AvgIpc) is 1.91. The molecule has 1 aliphatic rings. The fourth-order valence-electron chi connectivity index (χ4n) is 1.29. The first-order valence-electron chi connectivity index (χ1n) is 3.72. The van der Waals surface area contributed by atoms with Crippen molar-refractivity contribution in [3.05, 3.63) is 0 Å². The smallest absolute Gasteiger partial charge is 0.183 e. The molecule has 0 aromatic heterocycles. The van der Waals surface area contributed by atoms with Gasteiger partial charge in [0.15, 0.2) is 0 Å². The normalized spacial score (nSPS) is 32.0. The summed E-state index contributed by atoms with van der Waals surface area (Å²) in [5.74, 6) is 0. The van der Waals surface area contributed by atoms with Gasteiger partial charge in [-0.15, -0.1) is 0 Å². The lowest BCUT2D eigenvalue weighted by Crippen LogP contribution is -2.63. The van der Waals surface area contributed by atoms with E-state index in [-0.39, 0.29) is 3.92 Å². The van der Waals surface area contributed by atoms with E-state index in [2.05, 4.69) is 26.9 Å². The van der Waals surface area contributed by atoms with E-state index in [0.29, 0.717) is 6.42 Å². The number of alkyl halides is 1. The highest BCUT2D eigenvalue weighted by Gasteiger charge is 2.36. The highest BCUT2D eigenvalue weighted by molar-refractivity contribution is 14.1. The molecule has 4 nitrogen and oxygen atoms in total. The maximum atomic E-state index is 10.2. The molecule has 2 unspecified atom stereocenters. The molecule has 6 heteroatoms. The largest absolute Gasteiger partial charge is 0.225 e. The highest BCUT2D eigenvalue weighted by atomic mass is 127. The Morgan fingerprint density at radius 3 is 2.25 bits per heavy atom. The number of hydrogen-bond acceptors (Lipinski definition) is 4. The van der Waals surface area contributed by atoms with Crippen molar-refractivity contribution in [2.45, 2.75) is 35.7 Å². The zero-order valence-electron chi connectivity index (χ0n) is 6.37. The third kappa shape index (κ3) is 3.71. The molecule has 0 spiro atoms. The molecule has 0 bridgehead atoms. The van der Waals surface area contributed by atoms with Crippen LogP contribution < -0.4 is 14.0 Å². The quantitative estimate of drug-likeness (QED) is 0.466. The molecule has 1 fully saturated rings. The van der Waals surface area contributed by atoms with Crippen molar-refractivity contribution in [3.63, 3.8) is 0 Å². The molecule has 0 N–H and O–H groups in total. The van der Waals surface area contributed by atoms with Crippen LogP contribution in [0.5, 0.6) is 0 Å². The van der Waals surface area contributed by atoms with Crippen LogP contribution in [0.4, 0.5) is 0 Å². The molecule has 1 saturated carbocycles. The van der Waals surface area contributed by atoms with Crippen molar-refractivity contribution in [3.8, 4) is 0 Å². The van der Waals surface area contributed by atoms with E-state index in [1.54, 1.807) is 0 Å². The lowest BCUT2D eigenvalue weighted by molar-refractivity contribution is -1.92. The molecular weight excluding hydrogens is 298 g/mol. The van der Waals surface area contributed by atoms with Gasteiger partial charge in [0.2, 0.25) is 6.10 Å². The van der Waals surface area contributed by atoms with E-state index < -0.39 is 16.3 Å². The lowest BCUT2D eigenvalue weighted by Gasteiger charge is -2.24. The van der Waals surface area contributed by atoms with Crippen LogP contribution in [0.1, 0.15) is 25.7 Å². The van der Waals surface area contributed by atoms with E-state index >= 15 is 0 Å². The second-order valence-corrected chi connectivity index (χ2v) is 5.34. The highest BCUT2D eigenvalue weighted by Crippen LogP contribution is 2.28. The molecule has 0 amide bonds. The van der Waals surface area contributed by atoms with Crippen LogP contribution in [0.25, 0.3) is 0 Å². The first kappa shape index (κ1) is 10.9. The van der Waals surface area contributed by atoms with E-state index in [4.69, 9.17) is 0 Å². The summed E-state index contributed by atoms with van der Waals surface area (Å²) in [5, 5.41) is 0. The van der Waals surface area contributed by atoms with Crippen LogP contribution in [0.2, 0.25) is 0 Å². The molecule has 2 atom stereocenters. The Balaban J connectivity index is 2.39. The Kier molecular flexibility index (Phi) is 4.00. The fraction of sp³-hybridized carbons (Fsp3) is 1.00. The van der Waals surface area contributed by atoms with Gasteiger partial charge in [0, 0.05) is 0 Å². The van der Waals surface area contributed by atoms with Gasteiger partial charge in [-0.3, -0.25) is 0 Å². The monoisotopic (exact) mass is 308 g/mol. The minimum absolute atomic E-state index is 0.146. The van der Waals surface area contributed by atoms with Crippen LogP contribution >= 0.6 is 22.6 Å². The Bertz CT molecular complexity index is 149. The second-order valence-electron chi connectivity index (χ2n) is 2.81. The van der Waals surface area contributed by atoms with Crippen LogP contribution in [0.15, 0.2) is 0 Å². The molecule has 0 saturated heterocycles. The zero-order chi connectivity index (χ0) is 9.19. The van der Waals surface area contributed by atoms with E-state index in [1.807, 2.05) is 0 Å². The molecular formula is C6H10ClIO4. The number of halogens is 2. The number of hydrogen-bond donors (Lipinski definition) is 0. The minimum Gasteiger partial charge on any atom is -0.183 e. The van der Waals surface area contributed by atoms with Crippen molar-refractivity contribution >= 4 is 22.6 Å². The van der Waals surface area contributed by atoms with Crippen LogP contribution in [-0.4, -0.2) is 10.0 Å². The molecule has 0 aromatic carbocycles. The van der Waals surface area contributed by atoms with Gasteiger partial charge in [0.25, 0.3) is 0 Å². The topological polar surface area (TPSA) is 78.4 Å². The molecule has 0 aliphatic heterocycles. The average molecular weight is 308 g/mol. The first-order chi connectivity index (χ1) is 5.49. The van der Waals surface area contributed by atoms with Gasteiger partial charge in [-0.25, -0.2) is 0 Å². The van der Waals surface area contributed by atoms with Crippen molar-refractivity contribution in [1.82, 2.24) is 0 Å². The number of rotatable bonds is 2. The minimum atomic E-state index is -4.25. The molecule has 1 rings (SSSR count). The molecule has 72 valence electrons. The van der Waals surface area contributed by atoms with Gasteiger partial charge in [-0.1, -0.05) is 35.4 Å². The second kappa shape index (κ2) is 4.39. The fourth-order valence-corrected chi connectivity index (χ4v) is 2.91. The Labute approximate surface area is 86.8 Å². The summed E-state index contributed by atoms with van der Waals surface area (Å²) in [5.41, 5.74) is 0. The van der Waals surface area contributed by atoms with E-state index in [0.717, 1.165) is 19.3 Å². The predicted molar refractivity (Wildman–Crippen MR) is 41.1 cm³/mol. The molecule has 0 radical (unpaired) electrons.